The molecule has 6 nitrogen and oxygen atoms in total. The standard InChI is InChI=1S/C13H24N2O4/c1-13(2,11(16)17)9-14-12(18)15(3)6-7-19-8-10-4-5-10/h10H,4-9H2,1-3H3,(H,14,18)(H,16,17). The van der Waals surface area contributed by atoms with Crippen molar-refractivity contribution in [1.82, 2.24) is 10.2 Å². The van der Waals surface area contributed by atoms with Crippen LogP contribution in [0, 0.1) is 11.3 Å². The predicted octanol–water partition coefficient (Wildman–Crippen LogP) is 1.17. The maximum absolute atomic E-state index is 11.7. The fourth-order valence-corrected chi connectivity index (χ4v) is 1.34. The van der Waals surface area contributed by atoms with Crippen LogP contribution >= 0.6 is 0 Å². The van der Waals surface area contributed by atoms with E-state index in [-0.39, 0.29) is 12.6 Å². The Bertz CT molecular complexity index is 327. The van der Waals surface area contributed by atoms with Gasteiger partial charge in [-0.25, -0.2) is 4.79 Å². The number of amides is 2. The summed E-state index contributed by atoms with van der Waals surface area (Å²) in [4.78, 5) is 24.1. The molecule has 1 rings (SSSR count). The van der Waals surface area contributed by atoms with Gasteiger partial charge in [-0.2, -0.15) is 0 Å². The summed E-state index contributed by atoms with van der Waals surface area (Å²) in [6.45, 7) is 5.06. The monoisotopic (exact) mass is 272 g/mol. The van der Waals surface area contributed by atoms with Gasteiger partial charge in [-0.3, -0.25) is 4.79 Å². The number of likely N-dealkylation sites (N-methyl/N-ethyl adjacent to an activating group) is 1. The van der Waals surface area contributed by atoms with Crippen LogP contribution in [-0.4, -0.2) is 55.4 Å². The molecule has 0 heterocycles. The summed E-state index contributed by atoms with van der Waals surface area (Å²) in [5.41, 5.74) is -0.959. The lowest BCUT2D eigenvalue weighted by atomic mass is 9.94. The predicted molar refractivity (Wildman–Crippen MR) is 71.0 cm³/mol. The zero-order valence-corrected chi connectivity index (χ0v) is 11.9. The number of hydrogen-bond acceptors (Lipinski definition) is 3. The Hall–Kier alpha value is -1.30. The lowest BCUT2D eigenvalue weighted by Gasteiger charge is -2.23. The first-order chi connectivity index (χ1) is 8.83. The van der Waals surface area contributed by atoms with Crippen LogP contribution < -0.4 is 5.32 Å². The Kier molecular flexibility index (Phi) is 5.60. The molecule has 0 aliphatic heterocycles. The van der Waals surface area contributed by atoms with E-state index >= 15 is 0 Å². The molecular weight excluding hydrogens is 248 g/mol. The first kappa shape index (κ1) is 15.8. The molecule has 2 N–H and O–H groups in total. The van der Waals surface area contributed by atoms with E-state index in [1.807, 2.05) is 0 Å². The normalized spacial score (nSPS) is 15.1. The molecule has 2 amide bonds. The molecule has 1 fully saturated rings. The Balaban J connectivity index is 2.14. The van der Waals surface area contributed by atoms with Crippen LogP contribution in [0.5, 0.6) is 0 Å². The van der Waals surface area contributed by atoms with Crippen molar-refractivity contribution in [3.05, 3.63) is 0 Å². The molecule has 0 aromatic heterocycles. The minimum Gasteiger partial charge on any atom is -0.481 e. The third-order valence-electron chi connectivity index (χ3n) is 3.23. The summed E-state index contributed by atoms with van der Waals surface area (Å²) in [5, 5.41) is 11.6. The molecule has 0 spiro atoms. The SMILES string of the molecule is CN(CCOCC1CC1)C(=O)NCC(C)(C)C(=O)O. The molecule has 1 aliphatic rings. The van der Waals surface area contributed by atoms with Gasteiger partial charge in [0.25, 0.3) is 0 Å². The number of urea groups is 1. The smallest absolute Gasteiger partial charge is 0.317 e. The Morgan fingerprint density at radius 2 is 2.05 bits per heavy atom. The number of rotatable bonds is 8. The van der Waals surface area contributed by atoms with Gasteiger partial charge in [0.1, 0.15) is 0 Å². The molecule has 0 aromatic rings. The Labute approximate surface area is 114 Å². The van der Waals surface area contributed by atoms with E-state index in [2.05, 4.69) is 5.32 Å². The van der Waals surface area contributed by atoms with Gasteiger partial charge in [0.15, 0.2) is 0 Å². The van der Waals surface area contributed by atoms with Crippen molar-refractivity contribution < 1.29 is 19.4 Å². The van der Waals surface area contributed by atoms with E-state index in [0.717, 1.165) is 12.5 Å². The molecule has 1 aliphatic carbocycles. The molecule has 19 heavy (non-hydrogen) atoms. The van der Waals surface area contributed by atoms with E-state index in [1.165, 1.54) is 17.7 Å². The number of carboxylic acids is 1. The van der Waals surface area contributed by atoms with E-state index in [1.54, 1.807) is 20.9 Å². The highest BCUT2D eigenvalue weighted by molar-refractivity contribution is 5.77. The minimum atomic E-state index is -0.959. The van der Waals surface area contributed by atoms with Crippen molar-refractivity contribution in [1.29, 1.82) is 0 Å². The van der Waals surface area contributed by atoms with E-state index in [0.29, 0.717) is 13.2 Å². The van der Waals surface area contributed by atoms with Crippen molar-refractivity contribution in [3.8, 4) is 0 Å². The molecule has 0 unspecified atom stereocenters. The average molecular weight is 272 g/mol. The van der Waals surface area contributed by atoms with Crippen molar-refractivity contribution in [2.75, 3.05) is 33.4 Å². The van der Waals surface area contributed by atoms with Crippen LogP contribution in [0.15, 0.2) is 0 Å². The van der Waals surface area contributed by atoms with Crippen LogP contribution in [0.2, 0.25) is 0 Å². The highest BCUT2D eigenvalue weighted by atomic mass is 16.5. The number of carbonyl (C=O) groups is 2. The number of nitrogens with zero attached hydrogens (tertiary/aromatic N) is 1. The summed E-state index contributed by atoms with van der Waals surface area (Å²) in [6, 6.07) is -0.274. The van der Waals surface area contributed by atoms with Crippen LogP contribution in [-0.2, 0) is 9.53 Å². The third-order valence-corrected chi connectivity index (χ3v) is 3.23. The van der Waals surface area contributed by atoms with Crippen LogP contribution in [0.25, 0.3) is 0 Å². The number of carbonyl (C=O) groups excluding carboxylic acids is 1. The van der Waals surface area contributed by atoms with E-state index in [9.17, 15) is 9.59 Å². The van der Waals surface area contributed by atoms with Gasteiger partial charge in [0.05, 0.1) is 12.0 Å². The first-order valence-corrected chi connectivity index (χ1v) is 6.63. The average Bonchev–Trinajstić information content (AvgIpc) is 3.15. The second kappa shape index (κ2) is 6.75. The van der Waals surface area contributed by atoms with Gasteiger partial charge in [-0.15, -0.1) is 0 Å². The number of nitrogens with one attached hydrogen (secondary N) is 1. The number of aliphatic carboxylic acids is 1. The van der Waals surface area contributed by atoms with Crippen molar-refractivity contribution in [2.45, 2.75) is 26.7 Å². The highest BCUT2D eigenvalue weighted by Gasteiger charge is 2.28. The molecule has 0 bridgehead atoms. The fraction of sp³-hybridized carbons (Fsp3) is 0.846. The van der Waals surface area contributed by atoms with Crippen molar-refractivity contribution in [3.63, 3.8) is 0 Å². The summed E-state index contributed by atoms with van der Waals surface area (Å²) < 4.78 is 5.45. The summed E-state index contributed by atoms with van der Waals surface area (Å²) in [5.74, 6) is -0.210. The largest absolute Gasteiger partial charge is 0.481 e. The van der Waals surface area contributed by atoms with Crippen LogP contribution in [0.1, 0.15) is 26.7 Å². The maximum Gasteiger partial charge on any atom is 0.317 e. The van der Waals surface area contributed by atoms with Crippen LogP contribution in [0.3, 0.4) is 0 Å². The second-order valence-electron chi connectivity index (χ2n) is 5.79. The highest BCUT2D eigenvalue weighted by Crippen LogP contribution is 2.28. The molecule has 6 heteroatoms. The van der Waals surface area contributed by atoms with Gasteiger partial charge in [-0.05, 0) is 32.6 Å². The van der Waals surface area contributed by atoms with Crippen molar-refractivity contribution in [2.24, 2.45) is 11.3 Å². The van der Waals surface area contributed by atoms with Gasteiger partial charge < -0.3 is 20.1 Å². The van der Waals surface area contributed by atoms with Gasteiger partial charge >= 0.3 is 12.0 Å². The molecule has 110 valence electrons. The van der Waals surface area contributed by atoms with Crippen LogP contribution in [0.4, 0.5) is 4.79 Å². The minimum absolute atomic E-state index is 0.106. The first-order valence-electron chi connectivity index (χ1n) is 6.63. The zero-order chi connectivity index (χ0) is 14.5. The summed E-state index contributed by atoms with van der Waals surface area (Å²) in [6.07, 6.45) is 2.50. The quantitative estimate of drug-likeness (QED) is 0.650. The lowest BCUT2D eigenvalue weighted by Crippen LogP contribution is -2.45. The third kappa shape index (κ3) is 5.92. The summed E-state index contributed by atoms with van der Waals surface area (Å²) in [7, 11) is 1.67. The number of carboxylic acid groups (broad SMARTS) is 1. The Morgan fingerprint density at radius 1 is 1.42 bits per heavy atom. The molecule has 0 aromatic carbocycles. The molecule has 0 saturated heterocycles. The van der Waals surface area contributed by atoms with E-state index < -0.39 is 11.4 Å². The van der Waals surface area contributed by atoms with E-state index in [4.69, 9.17) is 9.84 Å². The van der Waals surface area contributed by atoms with Gasteiger partial charge in [-0.1, -0.05) is 0 Å². The van der Waals surface area contributed by atoms with Crippen molar-refractivity contribution >= 4 is 12.0 Å². The molecule has 0 radical (unpaired) electrons. The number of hydrogen-bond donors (Lipinski definition) is 2. The van der Waals surface area contributed by atoms with Gasteiger partial charge in [0, 0.05) is 26.7 Å². The summed E-state index contributed by atoms with van der Waals surface area (Å²) >= 11 is 0. The lowest BCUT2D eigenvalue weighted by molar-refractivity contribution is -0.146. The second-order valence-corrected chi connectivity index (χ2v) is 5.79. The molecular formula is C13H24N2O4. The molecule has 0 atom stereocenters. The topological polar surface area (TPSA) is 78.9 Å². The molecule has 1 saturated carbocycles. The number of ether oxygens (including phenoxy) is 1. The maximum atomic E-state index is 11.7. The Morgan fingerprint density at radius 3 is 2.58 bits per heavy atom. The fourth-order valence-electron chi connectivity index (χ4n) is 1.34. The van der Waals surface area contributed by atoms with Gasteiger partial charge in [0.2, 0.25) is 0 Å². The zero-order valence-electron chi connectivity index (χ0n) is 11.9.